The van der Waals surface area contributed by atoms with E-state index < -0.39 is 0 Å². The summed E-state index contributed by atoms with van der Waals surface area (Å²) in [5.41, 5.74) is 2.47. The summed E-state index contributed by atoms with van der Waals surface area (Å²) in [4.78, 5) is 4.30. The SMILES string of the molecule is Cc1csc(/C(C#N)=C/Nc2ccccc2I)n1. The predicted octanol–water partition coefficient (Wildman–Crippen LogP) is 4.03. The Morgan fingerprint density at radius 3 is 2.89 bits per heavy atom. The van der Waals surface area contributed by atoms with Gasteiger partial charge in [0.25, 0.3) is 0 Å². The molecule has 0 amide bonds. The average Bonchev–Trinajstić information content (AvgIpc) is 2.79. The van der Waals surface area contributed by atoms with Gasteiger partial charge in [-0.1, -0.05) is 12.1 Å². The van der Waals surface area contributed by atoms with E-state index in [0.717, 1.165) is 20.0 Å². The normalized spacial score (nSPS) is 11.1. The van der Waals surface area contributed by atoms with E-state index in [1.807, 2.05) is 36.6 Å². The fraction of sp³-hybridized carbons (Fsp3) is 0.0769. The first-order valence-electron chi connectivity index (χ1n) is 5.24. The molecular weight excluding hydrogens is 357 g/mol. The van der Waals surface area contributed by atoms with E-state index in [9.17, 15) is 0 Å². The Labute approximate surface area is 123 Å². The lowest BCUT2D eigenvalue weighted by Gasteiger charge is -2.03. The summed E-state index contributed by atoms with van der Waals surface area (Å²) in [6.45, 7) is 1.92. The third kappa shape index (κ3) is 3.09. The van der Waals surface area contributed by atoms with Gasteiger partial charge in [-0.05, 0) is 41.6 Å². The maximum Gasteiger partial charge on any atom is 0.135 e. The zero-order valence-corrected chi connectivity index (χ0v) is 12.6. The molecule has 0 unspecified atom stereocenters. The minimum absolute atomic E-state index is 0.549. The van der Waals surface area contributed by atoms with Gasteiger partial charge < -0.3 is 5.32 Å². The summed E-state index contributed by atoms with van der Waals surface area (Å²) in [5.74, 6) is 0. The molecule has 90 valence electrons. The zero-order valence-electron chi connectivity index (χ0n) is 9.64. The molecule has 3 nitrogen and oxygen atoms in total. The highest BCUT2D eigenvalue weighted by atomic mass is 127. The van der Waals surface area contributed by atoms with E-state index in [1.54, 1.807) is 6.20 Å². The van der Waals surface area contributed by atoms with Gasteiger partial charge in [0.1, 0.15) is 16.6 Å². The van der Waals surface area contributed by atoms with Crippen molar-refractivity contribution in [2.24, 2.45) is 0 Å². The summed E-state index contributed by atoms with van der Waals surface area (Å²) in [6, 6.07) is 10.1. The second kappa shape index (κ2) is 5.98. The van der Waals surface area contributed by atoms with Crippen molar-refractivity contribution in [3.63, 3.8) is 0 Å². The molecule has 5 heteroatoms. The van der Waals surface area contributed by atoms with Crippen molar-refractivity contribution in [2.75, 3.05) is 5.32 Å². The number of thiazole rings is 1. The number of nitrogens with zero attached hydrogens (tertiary/aromatic N) is 2. The molecule has 0 aliphatic heterocycles. The minimum Gasteiger partial charge on any atom is -0.359 e. The molecule has 0 aliphatic rings. The summed E-state index contributed by atoms with van der Waals surface area (Å²) >= 11 is 3.73. The lowest BCUT2D eigenvalue weighted by molar-refractivity contribution is 1.24. The van der Waals surface area contributed by atoms with Crippen LogP contribution in [0.5, 0.6) is 0 Å². The van der Waals surface area contributed by atoms with E-state index in [4.69, 9.17) is 5.26 Å². The monoisotopic (exact) mass is 367 g/mol. The second-order valence-corrected chi connectivity index (χ2v) is 5.61. The Morgan fingerprint density at radius 2 is 2.28 bits per heavy atom. The Kier molecular flexibility index (Phi) is 4.33. The largest absolute Gasteiger partial charge is 0.359 e. The summed E-state index contributed by atoms with van der Waals surface area (Å²) in [5, 5.41) is 15.0. The Bertz CT molecular complexity index is 625. The highest BCUT2D eigenvalue weighted by Crippen LogP contribution is 2.21. The Hall–Kier alpha value is -1.39. The van der Waals surface area contributed by atoms with E-state index >= 15 is 0 Å². The smallest absolute Gasteiger partial charge is 0.135 e. The molecule has 0 spiro atoms. The third-order valence-corrected chi connectivity index (χ3v) is 4.15. The van der Waals surface area contributed by atoms with Crippen LogP contribution >= 0.6 is 33.9 Å². The van der Waals surface area contributed by atoms with Crippen molar-refractivity contribution >= 4 is 45.2 Å². The summed E-state index contributed by atoms with van der Waals surface area (Å²) < 4.78 is 1.11. The topological polar surface area (TPSA) is 48.7 Å². The fourth-order valence-corrected chi connectivity index (χ4v) is 2.65. The molecule has 0 bridgehead atoms. The number of aryl methyl sites for hydroxylation is 1. The molecule has 0 aliphatic carbocycles. The van der Waals surface area contributed by atoms with Gasteiger partial charge in [0.2, 0.25) is 0 Å². The predicted molar refractivity (Wildman–Crippen MR) is 83.2 cm³/mol. The highest BCUT2D eigenvalue weighted by molar-refractivity contribution is 14.1. The van der Waals surface area contributed by atoms with Gasteiger partial charge in [-0.25, -0.2) is 4.98 Å². The van der Waals surface area contributed by atoms with Crippen LogP contribution in [-0.2, 0) is 0 Å². The van der Waals surface area contributed by atoms with Gasteiger partial charge in [-0.3, -0.25) is 0 Å². The molecular formula is C13H10IN3S. The number of benzene rings is 1. The Balaban J connectivity index is 2.22. The molecule has 1 aromatic carbocycles. The quantitative estimate of drug-likeness (QED) is 0.658. The molecule has 0 fully saturated rings. The van der Waals surface area contributed by atoms with Crippen LogP contribution < -0.4 is 5.32 Å². The van der Waals surface area contributed by atoms with E-state index in [-0.39, 0.29) is 0 Å². The van der Waals surface area contributed by atoms with E-state index in [2.05, 4.69) is 39.0 Å². The average molecular weight is 367 g/mol. The molecule has 0 saturated carbocycles. The van der Waals surface area contributed by atoms with Gasteiger partial charge in [-0.2, -0.15) is 5.26 Å². The molecule has 0 radical (unpaired) electrons. The van der Waals surface area contributed by atoms with Crippen LogP contribution in [0.15, 0.2) is 35.8 Å². The van der Waals surface area contributed by atoms with Crippen molar-refractivity contribution in [1.82, 2.24) is 4.98 Å². The van der Waals surface area contributed by atoms with Gasteiger partial charge in [0.15, 0.2) is 0 Å². The van der Waals surface area contributed by atoms with Gasteiger partial charge >= 0.3 is 0 Å². The van der Waals surface area contributed by atoms with Crippen molar-refractivity contribution in [3.05, 3.63) is 50.1 Å². The molecule has 1 heterocycles. The summed E-state index contributed by atoms with van der Waals surface area (Å²) in [7, 11) is 0. The molecule has 18 heavy (non-hydrogen) atoms. The number of hydrogen-bond acceptors (Lipinski definition) is 4. The highest BCUT2D eigenvalue weighted by Gasteiger charge is 2.05. The lowest BCUT2D eigenvalue weighted by atomic mass is 10.3. The standard InChI is InChI=1S/C13H10IN3S/c1-9-8-18-13(17-9)10(6-15)7-16-12-5-3-2-4-11(12)14/h2-5,7-8,16H,1H3/b10-7+. The molecule has 1 N–H and O–H groups in total. The minimum atomic E-state index is 0.549. The van der Waals surface area contributed by atoms with Crippen LogP contribution in [0, 0.1) is 21.8 Å². The molecule has 0 atom stereocenters. The van der Waals surface area contributed by atoms with Crippen molar-refractivity contribution in [3.8, 4) is 6.07 Å². The van der Waals surface area contributed by atoms with Crippen LogP contribution in [0.25, 0.3) is 5.57 Å². The molecule has 2 aromatic rings. The van der Waals surface area contributed by atoms with Crippen molar-refractivity contribution in [2.45, 2.75) is 6.92 Å². The van der Waals surface area contributed by atoms with Crippen LogP contribution in [0.4, 0.5) is 5.69 Å². The number of aromatic nitrogens is 1. The number of nitrogens with one attached hydrogen (secondary N) is 1. The first-order chi connectivity index (χ1) is 8.70. The van der Waals surface area contributed by atoms with E-state index in [1.165, 1.54) is 11.3 Å². The van der Waals surface area contributed by atoms with Crippen molar-refractivity contribution in [1.29, 1.82) is 5.26 Å². The van der Waals surface area contributed by atoms with Crippen molar-refractivity contribution < 1.29 is 0 Å². The number of para-hydroxylation sites is 1. The van der Waals surface area contributed by atoms with Gasteiger partial charge in [0, 0.05) is 20.8 Å². The number of rotatable bonds is 3. The molecule has 0 saturated heterocycles. The van der Waals surface area contributed by atoms with Crippen LogP contribution in [0.2, 0.25) is 0 Å². The summed E-state index contributed by atoms with van der Waals surface area (Å²) in [6.07, 6.45) is 1.70. The first-order valence-corrected chi connectivity index (χ1v) is 7.20. The number of anilines is 1. The number of nitriles is 1. The van der Waals surface area contributed by atoms with Crippen LogP contribution in [-0.4, -0.2) is 4.98 Å². The number of hydrogen-bond donors (Lipinski definition) is 1. The molecule has 2 rings (SSSR count). The maximum absolute atomic E-state index is 9.14. The van der Waals surface area contributed by atoms with Crippen LogP contribution in [0.1, 0.15) is 10.7 Å². The number of allylic oxidation sites excluding steroid dienone is 1. The zero-order chi connectivity index (χ0) is 13.0. The van der Waals surface area contributed by atoms with Gasteiger partial charge in [0.05, 0.1) is 5.69 Å². The lowest BCUT2D eigenvalue weighted by Crippen LogP contribution is -1.93. The fourth-order valence-electron chi connectivity index (χ4n) is 1.35. The maximum atomic E-state index is 9.14. The first kappa shape index (κ1) is 13.1. The van der Waals surface area contributed by atoms with Gasteiger partial charge in [-0.15, -0.1) is 11.3 Å². The third-order valence-electron chi connectivity index (χ3n) is 2.22. The second-order valence-electron chi connectivity index (χ2n) is 3.59. The Morgan fingerprint density at radius 1 is 1.50 bits per heavy atom. The van der Waals surface area contributed by atoms with E-state index in [0.29, 0.717) is 5.57 Å². The van der Waals surface area contributed by atoms with Crippen LogP contribution in [0.3, 0.4) is 0 Å². The number of halogens is 1. The molecule has 1 aromatic heterocycles.